The SMILES string of the molecule is CCN(CCNC(=O)[C@H]1CC[C@@H](C(=O)O)C1)c1cccc(C)c1. The number of carboxylic acids is 1. The molecule has 2 atom stereocenters. The number of amides is 1. The summed E-state index contributed by atoms with van der Waals surface area (Å²) >= 11 is 0. The maximum atomic E-state index is 12.2. The van der Waals surface area contributed by atoms with Crippen LogP contribution in [0.1, 0.15) is 31.7 Å². The quantitative estimate of drug-likeness (QED) is 0.810. The minimum absolute atomic E-state index is 0.00551. The molecular formula is C18H26N2O3. The number of nitrogens with zero attached hydrogens (tertiary/aromatic N) is 1. The number of carbonyl (C=O) groups excluding carboxylic acids is 1. The largest absolute Gasteiger partial charge is 0.481 e. The second-order valence-corrected chi connectivity index (χ2v) is 6.25. The van der Waals surface area contributed by atoms with Crippen LogP contribution in [0.3, 0.4) is 0 Å². The van der Waals surface area contributed by atoms with E-state index >= 15 is 0 Å². The molecule has 1 aliphatic carbocycles. The predicted octanol–water partition coefficient (Wildman–Crippen LogP) is 2.44. The molecule has 0 radical (unpaired) electrons. The van der Waals surface area contributed by atoms with Gasteiger partial charge in [-0.3, -0.25) is 9.59 Å². The summed E-state index contributed by atoms with van der Waals surface area (Å²) in [5.41, 5.74) is 2.38. The fourth-order valence-electron chi connectivity index (χ4n) is 3.20. The van der Waals surface area contributed by atoms with Gasteiger partial charge >= 0.3 is 5.97 Å². The number of anilines is 1. The molecule has 0 saturated heterocycles. The molecule has 0 aromatic heterocycles. The zero-order valence-corrected chi connectivity index (χ0v) is 13.9. The topological polar surface area (TPSA) is 69.6 Å². The Kier molecular flexibility index (Phi) is 6.02. The normalized spacial score (nSPS) is 20.3. The number of likely N-dealkylation sites (N-methyl/N-ethyl adjacent to an activating group) is 1. The highest BCUT2D eigenvalue weighted by molar-refractivity contribution is 5.80. The number of hydrogen-bond donors (Lipinski definition) is 2. The molecule has 0 spiro atoms. The predicted molar refractivity (Wildman–Crippen MR) is 90.5 cm³/mol. The standard InChI is InChI=1S/C18H26N2O3/c1-3-20(16-6-4-5-13(2)11-16)10-9-19-17(21)14-7-8-15(12-14)18(22)23/h4-6,11,14-15H,3,7-10,12H2,1-2H3,(H,19,21)(H,22,23)/t14-,15+/m0/s1. The molecule has 1 aliphatic rings. The second kappa shape index (κ2) is 7.99. The van der Waals surface area contributed by atoms with Crippen molar-refractivity contribution in [3.63, 3.8) is 0 Å². The molecule has 1 amide bonds. The van der Waals surface area contributed by atoms with Crippen LogP contribution in [0.2, 0.25) is 0 Å². The van der Waals surface area contributed by atoms with E-state index in [0.717, 1.165) is 18.8 Å². The molecule has 1 saturated carbocycles. The number of carbonyl (C=O) groups is 2. The molecule has 1 aromatic carbocycles. The average molecular weight is 318 g/mol. The van der Waals surface area contributed by atoms with E-state index in [4.69, 9.17) is 5.11 Å². The molecule has 5 nitrogen and oxygen atoms in total. The molecule has 0 aliphatic heterocycles. The molecule has 0 bridgehead atoms. The van der Waals surface area contributed by atoms with E-state index in [9.17, 15) is 9.59 Å². The summed E-state index contributed by atoms with van der Waals surface area (Å²) in [6.07, 6.45) is 1.76. The van der Waals surface area contributed by atoms with E-state index in [-0.39, 0.29) is 17.7 Å². The van der Waals surface area contributed by atoms with Gasteiger partial charge in [0.25, 0.3) is 0 Å². The van der Waals surface area contributed by atoms with Crippen molar-refractivity contribution >= 4 is 17.6 Å². The van der Waals surface area contributed by atoms with E-state index in [1.165, 1.54) is 5.56 Å². The van der Waals surface area contributed by atoms with Crippen molar-refractivity contribution in [2.75, 3.05) is 24.5 Å². The molecule has 5 heteroatoms. The van der Waals surface area contributed by atoms with Crippen molar-refractivity contribution < 1.29 is 14.7 Å². The fourth-order valence-corrected chi connectivity index (χ4v) is 3.20. The molecule has 23 heavy (non-hydrogen) atoms. The number of hydrogen-bond acceptors (Lipinski definition) is 3. The van der Waals surface area contributed by atoms with E-state index < -0.39 is 5.97 Å². The summed E-state index contributed by atoms with van der Waals surface area (Å²) in [4.78, 5) is 25.3. The van der Waals surface area contributed by atoms with Gasteiger partial charge in [0.2, 0.25) is 5.91 Å². The first-order valence-corrected chi connectivity index (χ1v) is 8.33. The van der Waals surface area contributed by atoms with Crippen molar-refractivity contribution in [1.29, 1.82) is 0 Å². The first-order valence-electron chi connectivity index (χ1n) is 8.33. The Balaban J connectivity index is 1.79. The summed E-state index contributed by atoms with van der Waals surface area (Å²) in [5.74, 6) is -1.29. The molecular weight excluding hydrogens is 292 g/mol. The van der Waals surface area contributed by atoms with Crippen molar-refractivity contribution in [2.24, 2.45) is 11.8 Å². The van der Waals surface area contributed by atoms with Crippen molar-refractivity contribution in [3.05, 3.63) is 29.8 Å². The van der Waals surface area contributed by atoms with Gasteiger partial charge in [0, 0.05) is 31.2 Å². The Labute approximate surface area is 137 Å². The monoisotopic (exact) mass is 318 g/mol. The summed E-state index contributed by atoms with van der Waals surface area (Å²) in [6, 6.07) is 8.32. The van der Waals surface area contributed by atoms with Gasteiger partial charge in [0.05, 0.1) is 5.92 Å². The first-order chi connectivity index (χ1) is 11.0. The maximum Gasteiger partial charge on any atom is 0.306 e. The van der Waals surface area contributed by atoms with Gasteiger partial charge in [-0.25, -0.2) is 0 Å². The number of carboxylic acid groups (broad SMARTS) is 1. The van der Waals surface area contributed by atoms with Crippen LogP contribution in [0.4, 0.5) is 5.69 Å². The Bertz CT molecular complexity index is 559. The van der Waals surface area contributed by atoms with Gasteiger partial charge < -0.3 is 15.3 Å². The maximum absolute atomic E-state index is 12.2. The lowest BCUT2D eigenvalue weighted by atomic mass is 10.0. The van der Waals surface area contributed by atoms with Crippen molar-refractivity contribution in [2.45, 2.75) is 33.1 Å². The molecule has 2 rings (SSSR count). The Morgan fingerprint density at radius 1 is 1.30 bits per heavy atom. The van der Waals surface area contributed by atoms with Crippen molar-refractivity contribution in [3.8, 4) is 0 Å². The van der Waals surface area contributed by atoms with Crippen LogP contribution < -0.4 is 10.2 Å². The summed E-state index contributed by atoms with van der Waals surface area (Å²) in [7, 11) is 0. The Morgan fingerprint density at radius 2 is 2.04 bits per heavy atom. The van der Waals surface area contributed by atoms with E-state index in [2.05, 4.69) is 42.3 Å². The third-order valence-electron chi connectivity index (χ3n) is 4.58. The molecule has 126 valence electrons. The third kappa shape index (κ3) is 4.71. The average Bonchev–Trinajstić information content (AvgIpc) is 3.01. The summed E-state index contributed by atoms with van der Waals surface area (Å²) in [6.45, 7) is 6.37. The minimum Gasteiger partial charge on any atom is -0.481 e. The van der Waals surface area contributed by atoms with Crippen LogP contribution in [-0.4, -0.2) is 36.6 Å². The molecule has 0 heterocycles. The summed E-state index contributed by atoms with van der Waals surface area (Å²) in [5, 5.41) is 12.0. The van der Waals surface area contributed by atoms with Gasteiger partial charge in [-0.1, -0.05) is 12.1 Å². The van der Waals surface area contributed by atoms with Crippen LogP contribution in [-0.2, 0) is 9.59 Å². The van der Waals surface area contributed by atoms with Crippen LogP contribution >= 0.6 is 0 Å². The Hall–Kier alpha value is -2.04. The van der Waals surface area contributed by atoms with Crippen LogP contribution in [0, 0.1) is 18.8 Å². The van der Waals surface area contributed by atoms with E-state index in [1.807, 2.05) is 6.07 Å². The van der Waals surface area contributed by atoms with Crippen LogP contribution in [0.25, 0.3) is 0 Å². The zero-order valence-electron chi connectivity index (χ0n) is 13.9. The number of rotatable bonds is 7. The number of aliphatic carboxylic acids is 1. The number of aryl methyl sites for hydroxylation is 1. The highest BCUT2D eigenvalue weighted by atomic mass is 16.4. The molecule has 2 N–H and O–H groups in total. The lowest BCUT2D eigenvalue weighted by Crippen LogP contribution is -2.37. The van der Waals surface area contributed by atoms with E-state index in [0.29, 0.717) is 25.8 Å². The van der Waals surface area contributed by atoms with Crippen LogP contribution in [0.5, 0.6) is 0 Å². The van der Waals surface area contributed by atoms with E-state index in [1.54, 1.807) is 0 Å². The highest BCUT2D eigenvalue weighted by Gasteiger charge is 2.33. The fraction of sp³-hybridized carbons (Fsp3) is 0.556. The summed E-state index contributed by atoms with van der Waals surface area (Å²) < 4.78 is 0. The molecule has 1 aromatic rings. The minimum atomic E-state index is -0.781. The third-order valence-corrected chi connectivity index (χ3v) is 4.58. The molecule has 0 unspecified atom stereocenters. The van der Waals surface area contributed by atoms with Crippen LogP contribution in [0.15, 0.2) is 24.3 Å². The van der Waals surface area contributed by atoms with Crippen molar-refractivity contribution in [1.82, 2.24) is 5.32 Å². The first kappa shape index (κ1) is 17.3. The lowest BCUT2D eigenvalue weighted by molar-refractivity contribution is -0.141. The lowest BCUT2D eigenvalue weighted by Gasteiger charge is -2.24. The number of nitrogens with one attached hydrogen (secondary N) is 1. The van der Waals surface area contributed by atoms with Gasteiger partial charge in [-0.2, -0.15) is 0 Å². The Morgan fingerprint density at radius 3 is 2.65 bits per heavy atom. The number of benzene rings is 1. The highest BCUT2D eigenvalue weighted by Crippen LogP contribution is 2.31. The second-order valence-electron chi connectivity index (χ2n) is 6.25. The zero-order chi connectivity index (χ0) is 16.8. The van der Waals surface area contributed by atoms with Gasteiger partial charge in [-0.05, 0) is 50.8 Å². The smallest absolute Gasteiger partial charge is 0.306 e. The van der Waals surface area contributed by atoms with Gasteiger partial charge in [0.15, 0.2) is 0 Å². The molecule has 1 fully saturated rings. The van der Waals surface area contributed by atoms with Gasteiger partial charge in [0.1, 0.15) is 0 Å². The van der Waals surface area contributed by atoms with Gasteiger partial charge in [-0.15, -0.1) is 0 Å².